The molecule has 0 spiro atoms. The van der Waals surface area contributed by atoms with Gasteiger partial charge in [0, 0.05) is 19.3 Å². The highest BCUT2D eigenvalue weighted by atomic mass is 32.2. The Morgan fingerprint density at radius 1 is 1.50 bits per heavy atom. The molecule has 0 saturated heterocycles. The molecule has 0 aromatic heterocycles. The molecule has 18 heavy (non-hydrogen) atoms. The molecule has 1 fully saturated rings. The fourth-order valence-electron chi connectivity index (χ4n) is 2.68. The fourth-order valence-corrected chi connectivity index (χ4v) is 4.51. The van der Waals surface area contributed by atoms with E-state index in [1.165, 1.54) is 19.2 Å². The molecule has 1 aliphatic rings. The number of sulfone groups is 1. The van der Waals surface area contributed by atoms with Gasteiger partial charge in [0.2, 0.25) is 0 Å². The zero-order chi connectivity index (χ0) is 13.6. The molecule has 0 heterocycles. The summed E-state index contributed by atoms with van der Waals surface area (Å²) in [6.45, 7) is 0.131. The Hall–Kier alpha value is -0.980. The van der Waals surface area contributed by atoms with Gasteiger partial charge in [-0.3, -0.25) is 0 Å². The second kappa shape index (κ2) is 4.29. The van der Waals surface area contributed by atoms with Crippen LogP contribution in [0.25, 0.3) is 0 Å². The predicted octanol–water partition coefficient (Wildman–Crippen LogP) is 0.680. The minimum absolute atomic E-state index is 0.131. The summed E-state index contributed by atoms with van der Waals surface area (Å²) < 4.78 is 41.6. The lowest BCUT2D eigenvalue weighted by Gasteiger charge is -2.10. The largest absolute Gasteiger partial charge is 0.383 e. The lowest BCUT2D eigenvalue weighted by Crippen LogP contribution is -2.35. The SMILES string of the molecule is COC[C@@]1(N)[C@H](S(C)(=O)=O)[C@@H]1c1cccc(F)c1. The van der Waals surface area contributed by atoms with E-state index in [4.69, 9.17) is 10.5 Å². The van der Waals surface area contributed by atoms with Crippen molar-refractivity contribution < 1.29 is 17.5 Å². The molecule has 1 aromatic rings. The van der Waals surface area contributed by atoms with Crippen molar-refractivity contribution in [1.29, 1.82) is 0 Å². The summed E-state index contributed by atoms with van der Waals surface area (Å²) in [4.78, 5) is 0. The molecule has 0 unspecified atom stereocenters. The maximum atomic E-state index is 13.2. The van der Waals surface area contributed by atoms with Crippen molar-refractivity contribution >= 4 is 9.84 Å². The highest BCUT2D eigenvalue weighted by Gasteiger charge is 2.68. The van der Waals surface area contributed by atoms with Gasteiger partial charge in [-0.2, -0.15) is 0 Å². The standard InChI is InChI=1S/C12H16FNO3S/c1-17-7-12(14)10(11(12)18(2,15)16)8-4-3-5-9(13)6-8/h3-6,10-11H,7,14H2,1-2H3/t10-,11+,12-/m0/s1. The van der Waals surface area contributed by atoms with Crippen molar-refractivity contribution in [3.05, 3.63) is 35.6 Å². The molecular weight excluding hydrogens is 257 g/mol. The van der Waals surface area contributed by atoms with E-state index in [2.05, 4.69) is 0 Å². The van der Waals surface area contributed by atoms with Crippen molar-refractivity contribution in [1.82, 2.24) is 0 Å². The van der Waals surface area contributed by atoms with Crippen LogP contribution < -0.4 is 5.73 Å². The molecule has 3 atom stereocenters. The topological polar surface area (TPSA) is 69.4 Å². The van der Waals surface area contributed by atoms with E-state index in [-0.39, 0.29) is 6.61 Å². The average molecular weight is 273 g/mol. The molecule has 2 N–H and O–H groups in total. The van der Waals surface area contributed by atoms with Gasteiger partial charge in [-0.1, -0.05) is 12.1 Å². The minimum atomic E-state index is -3.30. The smallest absolute Gasteiger partial charge is 0.152 e. The second-order valence-electron chi connectivity index (χ2n) is 4.83. The first-order valence-electron chi connectivity index (χ1n) is 5.53. The van der Waals surface area contributed by atoms with Gasteiger partial charge in [0.05, 0.1) is 17.4 Å². The quantitative estimate of drug-likeness (QED) is 0.876. The summed E-state index contributed by atoms with van der Waals surface area (Å²) in [6, 6.07) is 5.88. The van der Waals surface area contributed by atoms with Crippen LogP contribution in [0.3, 0.4) is 0 Å². The number of benzene rings is 1. The van der Waals surface area contributed by atoms with E-state index >= 15 is 0 Å². The lowest BCUT2D eigenvalue weighted by molar-refractivity contribution is 0.171. The van der Waals surface area contributed by atoms with Crippen LogP contribution in [0, 0.1) is 5.82 Å². The summed E-state index contributed by atoms with van der Waals surface area (Å²) in [5, 5.41) is -0.716. The number of ether oxygens (including phenoxy) is 1. The normalized spacial score (nSPS) is 31.3. The Balaban J connectivity index is 2.39. The molecule has 6 heteroatoms. The third-order valence-electron chi connectivity index (χ3n) is 3.37. The Morgan fingerprint density at radius 2 is 2.17 bits per heavy atom. The van der Waals surface area contributed by atoms with Crippen molar-refractivity contribution in [2.75, 3.05) is 20.0 Å². The van der Waals surface area contributed by atoms with E-state index in [0.717, 1.165) is 6.26 Å². The summed E-state index contributed by atoms with van der Waals surface area (Å²) in [7, 11) is -1.83. The number of hydrogen-bond acceptors (Lipinski definition) is 4. The Labute approximate surface area is 106 Å². The number of rotatable bonds is 4. The molecule has 0 aliphatic heterocycles. The summed E-state index contributed by atoms with van der Waals surface area (Å²) in [6.07, 6.45) is 1.15. The minimum Gasteiger partial charge on any atom is -0.383 e. The first-order chi connectivity index (χ1) is 8.30. The summed E-state index contributed by atoms with van der Waals surface area (Å²) in [5.74, 6) is -0.811. The first-order valence-corrected chi connectivity index (χ1v) is 7.48. The van der Waals surface area contributed by atoms with Crippen molar-refractivity contribution in [3.8, 4) is 0 Å². The monoisotopic (exact) mass is 273 g/mol. The van der Waals surface area contributed by atoms with Crippen LogP contribution in [-0.2, 0) is 14.6 Å². The molecule has 0 bridgehead atoms. The van der Waals surface area contributed by atoms with E-state index < -0.39 is 32.4 Å². The maximum Gasteiger partial charge on any atom is 0.152 e. The van der Waals surface area contributed by atoms with Crippen LogP contribution in [0.4, 0.5) is 4.39 Å². The zero-order valence-corrected chi connectivity index (χ0v) is 11.1. The molecular formula is C12H16FNO3S. The van der Waals surface area contributed by atoms with Gasteiger partial charge in [0.1, 0.15) is 5.82 Å². The van der Waals surface area contributed by atoms with Gasteiger partial charge < -0.3 is 10.5 Å². The maximum absolute atomic E-state index is 13.2. The van der Waals surface area contributed by atoms with Crippen molar-refractivity contribution in [3.63, 3.8) is 0 Å². The molecule has 100 valence electrons. The van der Waals surface area contributed by atoms with E-state index in [0.29, 0.717) is 5.56 Å². The Kier molecular flexibility index (Phi) is 3.21. The van der Waals surface area contributed by atoms with Crippen LogP contribution >= 0.6 is 0 Å². The number of nitrogens with two attached hydrogens (primary N) is 1. The fraction of sp³-hybridized carbons (Fsp3) is 0.500. The van der Waals surface area contributed by atoms with E-state index in [9.17, 15) is 12.8 Å². The molecule has 1 aliphatic carbocycles. The van der Waals surface area contributed by atoms with E-state index in [1.807, 2.05) is 0 Å². The second-order valence-corrected chi connectivity index (χ2v) is 7.00. The number of hydrogen-bond donors (Lipinski definition) is 1. The van der Waals surface area contributed by atoms with Gasteiger partial charge >= 0.3 is 0 Å². The average Bonchev–Trinajstić information content (AvgIpc) is 2.85. The first kappa shape index (κ1) is 13.5. The molecule has 1 aromatic carbocycles. The zero-order valence-electron chi connectivity index (χ0n) is 10.3. The van der Waals surface area contributed by atoms with Crippen molar-refractivity contribution in [2.45, 2.75) is 16.7 Å². The van der Waals surface area contributed by atoms with Gasteiger partial charge in [0.25, 0.3) is 0 Å². The number of halogens is 1. The van der Waals surface area contributed by atoms with E-state index in [1.54, 1.807) is 12.1 Å². The van der Waals surface area contributed by atoms with Crippen LogP contribution in [0.2, 0.25) is 0 Å². The molecule has 2 rings (SSSR count). The third kappa shape index (κ3) is 2.15. The highest BCUT2D eigenvalue weighted by Crippen LogP contribution is 2.53. The Morgan fingerprint density at radius 3 is 2.67 bits per heavy atom. The molecule has 0 radical (unpaired) electrons. The Bertz CT molecular complexity index is 560. The summed E-state index contributed by atoms with van der Waals surface area (Å²) in [5.41, 5.74) is 5.73. The van der Waals surface area contributed by atoms with Gasteiger partial charge in [-0.05, 0) is 17.7 Å². The van der Waals surface area contributed by atoms with Crippen LogP contribution in [0.1, 0.15) is 11.5 Å². The molecule has 1 saturated carbocycles. The van der Waals surface area contributed by atoms with Gasteiger partial charge in [-0.15, -0.1) is 0 Å². The van der Waals surface area contributed by atoms with Crippen LogP contribution in [0.15, 0.2) is 24.3 Å². The van der Waals surface area contributed by atoms with Crippen molar-refractivity contribution in [2.24, 2.45) is 5.73 Å². The van der Waals surface area contributed by atoms with Crippen LogP contribution in [-0.4, -0.2) is 39.2 Å². The van der Waals surface area contributed by atoms with Gasteiger partial charge in [0.15, 0.2) is 9.84 Å². The van der Waals surface area contributed by atoms with Crippen LogP contribution in [0.5, 0.6) is 0 Å². The summed E-state index contributed by atoms with van der Waals surface area (Å²) >= 11 is 0. The molecule has 0 amide bonds. The highest BCUT2D eigenvalue weighted by molar-refractivity contribution is 7.91. The number of methoxy groups -OCH3 is 1. The van der Waals surface area contributed by atoms with Gasteiger partial charge in [-0.25, -0.2) is 12.8 Å². The predicted molar refractivity (Wildman–Crippen MR) is 66.6 cm³/mol. The molecule has 4 nitrogen and oxygen atoms in total. The lowest BCUT2D eigenvalue weighted by atomic mass is 10.1. The third-order valence-corrected chi connectivity index (χ3v) is 5.00.